The third-order valence-corrected chi connectivity index (χ3v) is 10.3. The number of nitrogens with two attached hydrogens (primary N) is 2. The summed E-state index contributed by atoms with van der Waals surface area (Å²) < 4.78 is 4.70. The second-order valence-corrected chi connectivity index (χ2v) is 12.3. The molecule has 224 valence electrons. The van der Waals surface area contributed by atoms with Crippen LogP contribution in [0.3, 0.4) is 0 Å². The van der Waals surface area contributed by atoms with Gasteiger partial charge in [0.1, 0.15) is 0 Å². The minimum absolute atomic E-state index is 0.386. The van der Waals surface area contributed by atoms with Crippen LogP contribution in [-0.2, 0) is 4.74 Å². The number of hydrogen-bond acceptors (Lipinski definition) is 5. The van der Waals surface area contributed by atoms with E-state index in [0.29, 0.717) is 17.4 Å². The van der Waals surface area contributed by atoms with Crippen molar-refractivity contribution in [2.24, 2.45) is 51.9 Å². The number of fused-ring (bicyclic) bond motifs is 5. The molecule has 0 aromatic heterocycles. The Kier molecular flexibility index (Phi) is 20.6. The molecule has 0 saturated heterocycles. The molecule has 4 fully saturated rings. The smallest absolute Gasteiger partial charge is 0.0474 e. The number of hydrogen-bond donors (Lipinski definition) is 4. The number of rotatable bonds is 7. The third kappa shape index (κ3) is 10.0. The second-order valence-electron chi connectivity index (χ2n) is 12.3. The van der Waals surface area contributed by atoms with Crippen LogP contribution in [0.25, 0.3) is 0 Å². The van der Waals surface area contributed by atoms with Gasteiger partial charge < -0.3 is 26.4 Å². The lowest BCUT2D eigenvalue weighted by atomic mass is 9.45. The second kappa shape index (κ2) is 20.7. The van der Waals surface area contributed by atoms with Crippen molar-refractivity contribution < 1.29 is 14.9 Å². The molecule has 6 N–H and O–H groups in total. The van der Waals surface area contributed by atoms with Gasteiger partial charge in [-0.15, -0.1) is 0 Å². The van der Waals surface area contributed by atoms with Gasteiger partial charge in [-0.25, -0.2) is 0 Å². The van der Waals surface area contributed by atoms with E-state index in [1.165, 1.54) is 77.7 Å². The highest BCUT2D eigenvalue weighted by molar-refractivity contribution is 5.08. The molecule has 7 unspecified atom stereocenters. The fraction of sp³-hybridized carbons (Fsp3) is 1.00. The number of aliphatic hydroxyl groups excluding tert-OH is 2. The highest BCUT2D eigenvalue weighted by Gasteiger charge is 2.59. The van der Waals surface area contributed by atoms with E-state index in [4.69, 9.17) is 20.7 Å². The maximum absolute atomic E-state index is 9.13. The van der Waals surface area contributed by atoms with Crippen LogP contribution in [0.15, 0.2) is 0 Å². The lowest BCUT2D eigenvalue weighted by Gasteiger charge is -2.60. The molecule has 4 aliphatic rings. The van der Waals surface area contributed by atoms with Gasteiger partial charge in [0.05, 0.1) is 0 Å². The molecule has 0 spiro atoms. The SMILES string of the molecule is CC12CCCCC1CCC1C2CCC2(C)C(CCCCO)CCC12.CCC.CN.CO.COCCCN. The van der Waals surface area contributed by atoms with E-state index in [1.54, 1.807) is 20.0 Å². The standard InChI is InChI=1S/C23H40O.C4H11NO.C3H8.CH5N.CH4O/c1-22-14-5-3-7-17(22)9-11-19-20-12-10-18(8-4-6-16-24)23(20,2)15-13-21(19)22;1-6-4-2-3-5;1-3-2;2*1-2/h17-21,24H,3-16H2,1-2H3;2-5H2,1H3;3H2,1-2H3;2H2,1H3;2H,1H3. The summed E-state index contributed by atoms with van der Waals surface area (Å²) in [5.41, 5.74) is 11.0. The summed E-state index contributed by atoms with van der Waals surface area (Å²) in [6.45, 7) is 11.5. The highest BCUT2D eigenvalue weighted by atomic mass is 16.5. The topological polar surface area (TPSA) is 102 Å². The summed E-state index contributed by atoms with van der Waals surface area (Å²) in [4.78, 5) is 0. The van der Waals surface area contributed by atoms with Crippen molar-refractivity contribution in [3.8, 4) is 0 Å². The van der Waals surface area contributed by atoms with Crippen LogP contribution >= 0.6 is 0 Å². The Hall–Kier alpha value is -0.200. The minimum atomic E-state index is 0.386. The van der Waals surface area contributed by atoms with Crippen LogP contribution in [0.2, 0.25) is 0 Å². The summed E-state index contributed by atoms with van der Waals surface area (Å²) in [5, 5.41) is 16.1. The van der Waals surface area contributed by atoms with Gasteiger partial charge in [-0.3, -0.25) is 0 Å². The molecular formula is C32H68N2O3. The summed E-state index contributed by atoms with van der Waals surface area (Å²) in [7, 11) is 4.18. The van der Waals surface area contributed by atoms with Crippen molar-refractivity contribution in [2.45, 2.75) is 124 Å². The van der Waals surface area contributed by atoms with Gasteiger partial charge in [0.2, 0.25) is 0 Å². The Balaban J connectivity index is 0.000000848. The number of unbranched alkanes of at least 4 members (excludes halogenated alkanes) is 1. The minimum Gasteiger partial charge on any atom is -0.400 e. The maximum atomic E-state index is 9.13. The van der Waals surface area contributed by atoms with Gasteiger partial charge in [-0.1, -0.05) is 53.4 Å². The van der Waals surface area contributed by atoms with Crippen LogP contribution in [-0.4, -0.2) is 51.2 Å². The van der Waals surface area contributed by atoms with Gasteiger partial charge >= 0.3 is 0 Å². The van der Waals surface area contributed by atoms with Crippen molar-refractivity contribution in [1.29, 1.82) is 0 Å². The normalized spacial score (nSPS) is 35.3. The van der Waals surface area contributed by atoms with Crippen molar-refractivity contribution in [3.05, 3.63) is 0 Å². The molecule has 0 amide bonds. The summed E-state index contributed by atoms with van der Waals surface area (Å²) in [5.74, 6) is 5.12. The fourth-order valence-corrected chi connectivity index (χ4v) is 8.61. The molecule has 0 radical (unpaired) electrons. The molecule has 0 bridgehead atoms. The van der Waals surface area contributed by atoms with E-state index in [-0.39, 0.29) is 0 Å². The van der Waals surface area contributed by atoms with Crippen LogP contribution in [0, 0.1) is 40.4 Å². The van der Waals surface area contributed by atoms with Crippen molar-refractivity contribution in [1.82, 2.24) is 0 Å². The molecule has 0 aromatic rings. The van der Waals surface area contributed by atoms with Crippen LogP contribution in [0.1, 0.15) is 124 Å². The van der Waals surface area contributed by atoms with Gasteiger partial charge in [-0.05, 0) is 125 Å². The Morgan fingerprint density at radius 3 is 2.03 bits per heavy atom. The van der Waals surface area contributed by atoms with Crippen molar-refractivity contribution in [3.63, 3.8) is 0 Å². The van der Waals surface area contributed by atoms with E-state index in [2.05, 4.69) is 33.4 Å². The van der Waals surface area contributed by atoms with Gasteiger partial charge in [0, 0.05) is 27.4 Å². The largest absolute Gasteiger partial charge is 0.400 e. The van der Waals surface area contributed by atoms with Gasteiger partial charge in [0.15, 0.2) is 0 Å². The monoisotopic (exact) mass is 529 g/mol. The molecule has 4 saturated carbocycles. The number of aliphatic hydroxyl groups is 2. The van der Waals surface area contributed by atoms with E-state index in [9.17, 15) is 0 Å². The predicted molar refractivity (Wildman–Crippen MR) is 161 cm³/mol. The van der Waals surface area contributed by atoms with Crippen molar-refractivity contribution in [2.75, 3.05) is 41.0 Å². The first-order chi connectivity index (χ1) is 17.9. The molecule has 0 heterocycles. The molecule has 37 heavy (non-hydrogen) atoms. The summed E-state index contributed by atoms with van der Waals surface area (Å²) >= 11 is 0. The van der Waals surface area contributed by atoms with Crippen LogP contribution in [0.4, 0.5) is 0 Å². The maximum Gasteiger partial charge on any atom is 0.0474 e. The molecule has 0 aromatic carbocycles. The molecule has 4 rings (SSSR count). The first-order valence-corrected chi connectivity index (χ1v) is 15.7. The first-order valence-electron chi connectivity index (χ1n) is 15.7. The Morgan fingerprint density at radius 2 is 1.46 bits per heavy atom. The van der Waals surface area contributed by atoms with Crippen LogP contribution in [0.5, 0.6) is 0 Å². The van der Waals surface area contributed by atoms with E-state index >= 15 is 0 Å². The highest BCUT2D eigenvalue weighted by Crippen LogP contribution is 2.67. The van der Waals surface area contributed by atoms with E-state index in [0.717, 1.165) is 62.7 Å². The zero-order valence-corrected chi connectivity index (χ0v) is 26.1. The Morgan fingerprint density at radius 1 is 0.811 bits per heavy atom. The quantitative estimate of drug-likeness (QED) is 0.273. The number of ether oxygens (including phenoxy) is 1. The van der Waals surface area contributed by atoms with Crippen LogP contribution < -0.4 is 11.5 Å². The lowest BCUT2D eigenvalue weighted by molar-refractivity contribution is -0.111. The molecule has 5 nitrogen and oxygen atoms in total. The lowest BCUT2D eigenvalue weighted by Crippen LogP contribution is -2.52. The average Bonchev–Trinajstić information content (AvgIpc) is 3.26. The zero-order chi connectivity index (χ0) is 28.3. The average molecular weight is 529 g/mol. The van der Waals surface area contributed by atoms with Gasteiger partial charge in [0.25, 0.3) is 0 Å². The number of methoxy groups -OCH3 is 1. The third-order valence-electron chi connectivity index (χ3n) is 10.3. The zero-order valence-electron chi connectivity index (χ0n) is 26.1. The molecule has 4 aliphatic carbocycles. The Labute approximate surface area is 231 Å². The molecule has 0 aliphatic heterocycles. The fourth-order valence-electron chi connectivity index (χ4n) is 8.61. The first kappa shape index (κ1) is 36.8. The molecule has 5 heteroatoms. The van der Waals surface area contributed by atoms with E-state index in [1.807, 2.05) is 0 Å². The van der Waals surface area contributed by atoms with E-state index < -0.39 is 0 Å². The molecular weight excluding hydrogens is 460 g/mol. The Bertz CT molecular complexity index is 530. The summed E-state index contributed by atoms with van der Waals surface area (Å²) in [6.07, 6.45) is 21.1. The van der Waals surface area contributed by atoms with Gasteiger partial charge in [-0.2, -0.15) is 0 Å². The van der Waals surface area contributed by atoms with Crippen molar-refractivity contribution >= 4 is 0 Å². The summed E-state index contributed by atoms with van der Waals surface area (Å²) in [6, 6.07) is 0. The molecule has 7 atom stereocenters. The predicted octanol–water partition coefficient (Wildman–Crippen LogP) is 6.78.